The molecule has 4 nitrogen and oxygen atoms in total. The largest absolute Gasteiger partial charge is 0.494 e. The van der Waals surface area contributed by atoms with Crippen molar-refractivity contribution in [2.45, 2.75) is 25.5 Å². The van der Waals surface area contributed by atoms with Gasteiger partial charge < -0.3 is 15.2 Å². The van der Waals surface area contributed by atoms with Crippen molar-refractivity contribution in [2.24, 2.45) is 0 Å². The summed E-state index contributed by atoms with van der Waals surface area (Å²) in [5.74, 6) is -3.22. The summed E-state index contributed by atoms with van der Waals surface area (Å²) >= 11 is 0. The van der Waals surface area contributed by atoms with Crippen LogP contribution in [0.3, 0.4) is 0 Å². The average Bonchev–Trinajstić information content (AvgIpc) is 2.56. The summed E-state index contributed by atoms with van der Waals surface area (Å²) in [5, 5.41) is 12.6. The van der Waals surface area contributed by atoms with Crippen molar-refractivity contribution in [1.82, 2.24) is 5.32 Å². The van der Waals surface area contributed by atoms with E-state index in [1.165, 1.54) is 7.11 Å². The molecule has 2 rings (SSSR count). The topological polar surface area (TPSA) is 58.6 Å². The molecular formula is C18H19F2NO3. The van der Waals surface area contributed by atoms with Gasteiger partial charge in [-0.3, -0.25) is 4.79 Å². The molecule has 2 atom stereocenters. The molecular weight excluding hydrogens is 316 g/mol. The van der Waals surface area contributed by atoms with Gasteiger partial charge in [0.15, 0.2) is 11.6 Å². The number of aliphatic hydroxyl groups is 1. The molecule has 0 spiro atoms. The van der Waals surface area contributed by atoms with E-state index in [9.17, 15) is 18.7 Å². The van der Waals surface area contributed by atoms with Gasteiger partial charge in [-0.1, -0.05) is 30.3 Å². The van der Waals surface area contributed by atoms with Crippen LogP contribution in [0.1, 0.15) is 22.8 Å². The molecule has 0 aliphatic rings. The number of ether oxygens (including phenoxy) is 1. The highest BCUT2D eigenvalue weighted by atomic mass is 19.1. The lowest BCUT2D eigenvalue weighted by Crippen LogP contribution is -2.42. The Morgan fingerprint density at radius 1 is 1.21 bits per heavy atom. The number of methoxy groups -OCH3 is 1. The van der Waals surface area contributed by atoms with Crippen LogP contribution in [0.5, 0.6) is 5.75 Å². The first-order chi connectivity index (χ1) is 11.4. The number of hydrogen-bond acceptors (Lipinski definition) is 3. The maximum atomic E-state index is 14.1. The Morgan fingerprint density at radius 2 is 1.88 bits per heavy atom. The van der Waals surface area contributed by atoms with Gasteiger partial charge in [0, 0.05) is 6.42 Å². The number of benzene rings is 2. The predicted molar refractivity (Wildman–Crippen MR) is 86.0 cm³/mol. The third kappa shape index (κ3) is 4.08. The lowest BCUT2D eigenvalue weighted by molar-refractivity contribution is 0.0843. The molecule has 0 saturated heterocycles. The molecule has 6 heteroatoms. The molecule has 0 aliphatic heterocycles. The summed E-state index contributed by atoms with van der Waals surface area (Å²) in [7, 11) is 1.23. The van der Waals surface area contributed by atoms with Crippen LogP contribution in [0.2, 0.25) is 0 Å². The maximum absolute atomic E-state index is 14.1. The van der Waals surface area contributed by atoms with Crippen molar-refractivity contribution in [3.63, 3.8) is 0 Å². The molecule has 2 N–H and O–H groups in total. The quantitative estimate of drug-likeness (QED) is 0.853. The van der Waals surface area contributed by atoms with Gasteiger partial charge >= 0.3 is 0 Å². The van der Waals surface area contributed by atoms with E-state index in [1.54, 1.807) is 6.92 Å². The van der Waals surface area contributed by atoms with Gasteiger partial charge in [-0.15, -0.1) is 0 Å². The zero-order valence-corrected chi connectivity index (χ0v) is 13.4. The monoisotopic (exact) mass is 335 g/mol. The molecule has 0 aromatic heterocycles. The lowest BCUT2D eigenvalue weighted by atomic mass is 10.0. The van der Waals surface area contributed by atoms with Crippen LogP contribution < -0.4 is 10.1 Å². The zero-order valence-electron chi connectivity index (χ0n) is 13.4. The van der Waals surface area contributed by atoms with Crippen LogP contribution in [-0.2, 0) is 6.42 Å². The van der Waals surface area contributed by atoms with Crippen molar-refractivity contribution in [3.8, 4) is 5.75 Å². The number of amides is 1. The maximum Gasteiger partial charge on any atom is 0.257 e. The number of halogens is 2. The third-order valence-electron chi connectivity index (χ3n) is 3.73. The normalized spacial score (nSPS) is 13.2. The van der Waals surface area contributed by atoms with E-state index in [-0.39, 0.29) is 5.75 Å². The van der Waals surface area contributed by atoms with Gasteiger partial charge in [-0.2, -0.15) is 0 Å². The predicted octanol–water partition coefficient (Wildman–Crippen LogP) is 2.70. The van der Waals surface area contributed by atoms with E-state index in [1.807, 2.05) is 30.3 Å². The van der Waals surface area contributed by atoms with Gasteiger partial charge in [0.05, 0.1) is 19.3 Å². The lowest BCUT2D eigenvalue weighted by Gasteiger charge is -2.21. The highest BCUT2D eigenvalue weighted by molar-refractivity contribution is 5.95. The van der Waals surface area contributed by atoms with Crippen LogP contribution in [0, 0.1) is 11.6 Å². The minimum absolute atomic E-state index is 0.223. The average molecular weight is 335 g/mol. The zero-order chi connectivity index (χ0) is 17.7. The standard InChI is InChI=1S/C18H19F2NO3/c1-11(14(22)10-12-6-4-3-5-7-12)21-18(23)16-13(19)8-9-15(24-2)17(16)20/h3-9,11,14,22H,10H2,1-2H3,(H,21,23). The Balaban J connectivity index is 2.09. The second-order valence-corrected chi connectivity index (χ2v) is 5.46. The number of hydrogen-bond donors (Lipinski definition) is 2. The fraction of sp³-hybridized carbons (Fsp3) is 0.278. The van der Waals surface area contributed by atoms with E-state index >= 15 is 0 Å². The highest BCUT2D eigenvalue weighted by Crippen LogP contribution is 2.23. The molecule has 2 unspecified atom stereocenters. The first-order valence-corrected chi connectivity index (χ1v) is 7.49. The second-order valence-electron chi connectivity index (χ2n) is 5.46. The molecule has 2 aromatic rings. The van der Waals surface area contributed by atoms with Gasteiger partial charge in [0.2, 0.25) is 0 Å². The molecule has 0 aliphatic carbocycles. The molecule has 0 heterocycles. The van der Waals surface area contributed by atoms with Crippen LogP contribution in [-0.4, -0.2) is 30.3 Å². The van der Waals surface area contributed by atoms with E-state index in [0.29, 0.717) is 6.42 Å². The van der Waals surface area contributed by atoms with Gasteiger partial charge in [0.1, 0.15) is 11.4 Å². The number of carbonyl (C=O) groups is 1. The summed E-state index contributed by atoms with van der Waals surface area (Å²) in [4.78, 5) is 12.2. The van der Waals surface area contributed by atoms with Gasteiger partial charge in [0.25, 0.3) is 5.91 Å². The minimum Gasteiger partial charge on any atom is -0.494 e. The Morgan fingerprint density at radius 3 is 2.50 bits per heavy atom. The number of carbonyl (C=O) groups excluding carboxylic acids is 1. The van der Waals surface area contributed by atoms with Crippen LogP contribution in [0.25, 0.3) is 0 Å². The number of aliphatic hydroxyl groups excluding tert-OH is 1. The summed E-state index contributed by atoms with van der Waals surface area (Å²) in [6, 6.07) is 10.6. The summed E-state index contributed by atoms with van der Waals surface area (Å²) in [6.07, 6.45) is -0.584. The van der Waals surface area contributed by atoms with Crippen molar-refractivity contribution in [1.29, 1.82) is 0 Å². The van der Waals surface area contributed by atoms with Crippen molar-refractivity contribution >= 4 is 5.91 Å². The molecule has 1 amide bonds. The SMILES string of the molecule is COc1ccc(F)c(C(=O)NC(C)C(O)Cc2ccccc2)c1F. The molecule has 0 bridgehead atoms. The van der Waals surface area contributed by atoms with E-state index in [2.05, 4.69) is 5.32 Å². The molecule has 0 fully saturated rings. The van der Waals surface area contributed by atoms with Crippen LogP contribution >= 0.6 is 0 Å². The first-order valence-electron chi connectivity index (χ1n) is 7.49. The van der Waals surface area contributed by atoms with Crippen molar-refractivity contribution in [3.05, 3.63) is 65.2 Å². The molecule has 0 saturated carbocycles. The number of rotatable bonds is 6. The highest BCUT2D eigenvalue weighted by Gasteiger charge is 2.24. The fourth-order valence-electron chi connectivity index (χ4n) is 2.31. The smallest absolute Gasteiger partial charge is 0.257 e. The van der Waals surface area contributed by atoms with Crippen molar-refractivity contribution in [2.75, 3.05) is 7.11 Å². The van der Waals surface area contributed by atoms with E-state index < -0.39 is 35.3 Å². The molecule has 2 aromatic carbocycles. The number of nitrogens with one attached hydrogen (secondary N) is 1. The summed E-state index contributed by atoms with van der Waals surface area (Å²) in [6.45, 7) is 1.57. The van der Waals surface area contributed by atoms with Gasteiger partial charge in [-0.05, 0) is 24.6 Å². The third-order valence-corrected chi connectivity index (χ3v) is 3.73. The molecule has 128 valence electrons. The van der Waals surface area contributed by atoms with Gasteiger partial charge in [-0.25, -0.2) is 8.78 Å². The van der Waals surface area contributed by atoms with Crippen molar-refractivity contribution < 1.29 is 23.4 Å². The Kier molecular flexibility index (Phi) is 5.87. The molecule has 0 radical (unpaired) electrons. The Bertz CT molecular complexity index is 707. The fourth-order valence-corrected chi connectivity index (χ4v) is 2.31. The first kappa shape index (κ1) is 17.9. The van der Waals surface area contributed by atoms with E-state index in [0.717, 1.165) is 17.7 Å². The van der Waals surface area contributed by atoms with Crippen LogP contribution in [0.4, 0.5) is 8.78 Å². The summed E-state index contributed by atoms with van der Waals surface area (Å²) in [5.41, 5.74) is 0.165. The Labute approximate surface area is 139 Å². The second kappa shape index (κ2) is 7.88. The summed E-state index contributed by atoms with van der Waals surface area (Å²) < 4.78 is 32.6. The minimum atomic E-state index is -1.07. The van der Waals surface area contributed by atoms with Crippen LogP contribution in [0.15, 0.2) is 42.5 Å². The Hall–Kier alpha value is -2.47. The molecule has 24 heavy (non-hydrogen) atoms. The van der Waals surface area contributed by atoms with E-state index in [4.69, 9.17) is 4.74 Å².